The molecular weight excluding hydrogens is 318 g/mol. The Kier molecular flexibility index (Phi) is 3.00. The number of hydrogen-bond acceptors (Lipinski definition) is 3. The van der Waals surface area contributed by atoms with Crippen molar-refractivity contribution >= 4 is 17.8 Å². The monoisotopic (exact) mass is 337 g/mol. The van der Waals surface area contributed by atoms with E-state index < -0.39 is 12.0 Å². The molecular formula is C20H19NO4. The Bertz CT molecular complexity index is 765. The van der Waals surface area contributed by atoms with E-state index in [4.69, 9.17) is 0 Å². The van der Waals surface area contributed by atoms with Crippen LogP contribution in [0.1, 0.15) is 12.0 Å². The smallest absolute Gasteiger partial charge is 0.327 e. The van der Waals surface area contributed by atoms with Gasteiger partial charge in [0.25, 0.3) is 0 Å². The van der Waals surface area contributed by atoms with Crippen LogP contribution in [0.2, 0.25) is 0 Å². The van der Waals surface area contributed by atoms with Gasteiger partial charge in [-0.25, -0.2) is 4.79 Å². The first-order valence-electron chi connectivity index (χ1n) is 8.90. The summed E-state index contributed by atoms with van der Waals surface area (Å²) in [6.45, 7) is 0. The number of rotatable bonds is 4. The van der Waals surface area contributed by atoms with Gasteiger partial charge in [0, 0.05) is 6.42 Å². The standard InChI is InChI=1S/C20H19NO4/c22-18-16-11-6-7-12(14-9-13(11)14)17(16)19(23)21(18)15(20(24)25)8-10-4-2-1-3-5-10/h1-7,11-17H,8-9H2,(H,24,25)/t11-,12-,13-,14+,15+,16+,17-/m1/s1. The molecule has 1 N–H and O–H groups in total. The number of amides is 2. The van der Waals surface area contributed by atoms with Gasteiger partial charge in [-0.15, -0.1) is 0 Å². The van der Waals surface area contributed by atoms with Crippen molar-refractivity contribution in [2.75, 3.05) is 0 Å². The van der Waals surface area contributed by atoms with E-state index in [9.17, 15) is 19.5 Å². The summed E-state index contributed by atoms with van der Waals surface area (Å²) in [5.74, 6) is -1.08. The maximum absolute atomic E-state index is 13.0. The van der Waals surface area contributed by atoms with E-state index in [0.717, 1.165) is 16.9 Å². The Morgan fingerprint density at radius 2 is 1.60 bits per heavy atom. The average molecular weight is 337 g/mol. The van der Waals surface area contributed by atoms with Crippen LogP contribution in [0.4, 0.5) is 0 Å². The fourth-order valence-electron chi connectivity index (χ4n) is 5.41. The molecule has 1 saturated heterocycles. The molecule has 1 aromatic rings. The van der Waals surface area contributed by atoms with Gasteiger partial charge in [-0.05, 0) is 35.7 Å². The Morgan fingerprint density at radius 1 is 1.04 bits per heavy atom. The summed E-state index contributed by atoms with van der Waals surface area (Å²) in [5, 5.41) is 9.71. The van der Waals surface area contributed by atoms with Gasteiger partial charge in [0.15, 0.2) is 0 Å². The average Bonchev–Trinajstić information content (AvgIpc) is 3.39. The highest BCUT2D eigenvalue weighted by molar-refractivity contribution is 6.08. The molecule has 2 bridgehead atoms. The molecule has 0 unspecified atom stereocenters. The van der Waals surface area contributed by atoms with Gasteiger partial charge in [0.2, 0.25) is 11.8 Å². The van der Waals surface area contributed by atoms with Crippen molar-refractivity contribution in [2.24, 2.45) is 35.5 Å². The maximum Gasteiger partial charge on any atom is 0.327 e. The Morgan fingerprint density at radius 3 is 2.12 bits per heavy atom. The number of benzene rings is 1. The normalized spacial score (nSPS) is 38.5. The summed E-state index contributed by atoms with van der Waals surface area (Å²) in [5.41, 5.74) is 0.814. The zero-order valence-corrected chi connectivity index (χ0v) is 13.6. The Hall–Kier alpha value is -2.43. The van der Waals surface area contributed by atoms with Crippen LogP contribution in [-0.2, 0) is 20.8 Å². The number of nitrogens with zero attached hydrogens (tertiary/aromatic N) is 1. The van der Waals surface area contributed by atoms with E-state index >= 15 is 0 Å². The van der Waals surface area contributed by atoms with E-state index in [0.29, 0.717) is 11.8 Å². The minimum Gasteiger partial charge on any atom is -0.480 e. The molecule has 5 aliphatic rings. The fraction of sp³-hybridized carbons (Fsp3) is 0.450. The minimum atomic E-state index is -1.12. The molecule has 4 aliphatic carbocycles. The summed E-state index contributed by atoms with van der Waals surface area (Å²) in [4.78, 5) is 39.0. The number of aliphatic carboxylic acids is 1. The topological polar surface area (TPSA) is 74.7 Å². The predicted molar refractivity (Wildman–Crippen MR) is 88.1 cm³/mol. The van der Waals surface area contributed by atoms with Crippen molar-refractivity contribution in [1.29, 1.82) is 0 Å². The zero-order chi connectivity index (χ0) is 17.3. The van der Waals surface area contributed by atoms with Gasteiger partial charge in [0.05, 0.1) is 11.8 Å². The third-order valence-electron chi connectivity index (χ3n) is 6.57. The number of allylic oxidation sites excluding steroid dienone is 2. The van der Waals surface area contributed by atoms with E-state index in [1.165, 1.54) is 0 Å². The maximum atomic E-state index is 13.0. The predicted octanol–water partition coefficient (Wildman–Crippen LogP) is 1.74. The van der Waals surface area contributed by atoms with Gasteiger partial charge < -0.3 is 5.11 Å². The Balaban J connectivity index is 1.48. The summed E-state index contributed by atoms with van der Waals surface area (Å²) in [6.07, 6.45) is 5.45. The molecule has 25 heavy (non-hydrogen) atoms. The largest absolute Gasteiger partial charge is 0.480 e. The highest BCUT2D eigenvalue weighted by atomic mass is 16.4. The van der Waals surface area contributed by atoms with Crippen LogP contribution in [0.5, 0.6) is 0 Å². The third-order valence-corrected chi connectivity index (χ3v) is 6.57. The second kappa shape index (κ2) is 5.04. The zero-order valence-electron chi connectivity index (χ0n) is 13.6. The summed E-state index contributed by atoms with van der Waals surface area (Å²) in [7, 11) is 0. The van der Waals surface area contributed by atoms with Crippen LogP contribution < -0.4 is 0 Å². The molecule has 2 amide bonds. The lowest BCUT2D eigenvalue weighted by Crippen LogP contribution is -2.47. The second-order valence-corrected chi connectivity index (χ2v) is 7.74. The lowest BCUT2D eigenvalue weighted by molar-refractivity contribution is -0.155. The Labute approximate surface area is 145 Å². The number of carboxylic acids is 1. The quantitative estimate of drug-likeness (QED) is 0.671. The van der Waals surface area contributed by atoms with E-state index in [1.54, 1.807) is 0 Å². The van der Waals surface area contributed by atoms with Crippen molar-refractivity contribution in [2.45, 2.75) is 18.9 Å². The van der Waals surface area contributed by atoms with Crippen LogP contribution >= 0.6 is 0 Å². The van der Waals surface area contributed by atoms with Crippen LogP contribution in [0.15, 0.2) is 42.5 Å². The summed E-state index contributed by atoms with van der Waals surface area (Å²) in [6, 6.07) is 8.06. The van der Waals surface area contributed by atoms with E-state index in [2.05, 4.69) is 12.2 Å². The molecule has 5 heteroatoms. The number of likely N-dealkylation sites (tertiary alicyclic amines) is 1. The SMILES string of the molecule is O=C(O)[C@H](Cc1ccccc1)N1C(=O)[C@@H]2[C@@H]3C=C[C@H]([C@H]4C[C@@H]34)[C@@H]2C1=O. The summed E-state index contributed by atoms with van der Waals surface area (Å²) < 4.78 is 0. The lowest BCUT2D eigenvalue weighted by Gasteiger charge is -2.37. The van der Waals surface area contributed by atoms with Crippen LogP contribution in [0, 0.1) is 35.5 Å². The van der Waals surface area contributed by atoms with Crippen molar-refractivity contribution < 1.29 is 19.5 Å². The van der Waals surface area contributed by atoms with Gasteiger partial charge in [-0.2, -0.15) is 0 Å². The van der Waals surface area contributed by atoms with Crippen molar-refractivity contribution in [3.8, 4) is 0 Å². The van der Waals surface area contributed by atoms with Crippen LogP contribution in [-0.4, -0.2) is 33.8 Å². The molecule has 1 aromatic carbocycles. The van der Waals surface area contributed by atoms with Gasteiger partial charge >= 0.3 is 5.97 Å². The summed E-state index contributed by atoms with van der Waals surface area (Å²) >= 11 is 0. The molecule has 0 radical (unpaired) electrons. The van der Waals surface area contributed by atoms with E-state index in [-0.39, 0.29) is 41.9 Å². The highest BCUT2D eigenvalue weighted by Crippen LogP contribution is 2.65. The number of carboxylic acid groups (broad SMARTS) is 1. The molecule has 128 valence electrons. The van der Waals surface area contributed by atoms with Crippen LogP contribution in [0.3, 0.4) is 0 Å². The second-order valence-electron chi connectivity index (χ2n) is 7.74. The molecule has 7 atom stereocenters. The van der Waals surface area contributed by atoms with Crippen molar-refractivity contribution in [3.63, 3.8) is 0 Å². The molecule has 0 aromatic heterocycles. The molecule has 3 fully saturated rings. The van der Waals surface area contributed by atoms with Gasteiger partial charge in [0.1, 0.15) is 6.04 Å². The molecule has 0 spiro atoms. The number of carbonyl (C=O) groups is 3. The number of carbonyl (C=O) groups excluding carboxylic acids is 2. The van der Waals surface area contributed by atoms with Gasteiger partial charge in [-0.3, -0.25) is 14.5 Å². The molecule has 2 saturated carbocycles. The first-order chi connectivity index (χ1) is 12.1. The number of hydrogen-bond donors (Lipinski definition) is 1. The lowest BCUT2D eigenvalue weighted by atomic mass is 9.63. The third kappa shape index (κ3) is 1.98. The highest BCUT2D eigenvalue weighted by Gasteiger charge is 2.67. The van der Waals surface area contributed by atoms with Crippen molar-refractivity contribution in [1.82, 2.24) is 4.90 Å². The number of imide groups is 1. The van der Waals surface area contributed by atoms with E-state index in [1.807, 2.05) is 30.3 Å². The van der Waals surface area contributed by atoms with Crippen molar-refractivity contribution in [3.05, 3.63) is 48.0 Å². The minimum absolute atomic E-state index is 0.118. The molecule has 6 rings (SSSR count). The molecule has 1 heterocycles. The molecule has 5 nitrogen and oxygen atoms in total. The van der Waals surface area contributed by atoms with Crippen LogP contribution in [0.25, 0.3) is 0 Å². The first kappa shape index (κ1) is 14.9. The first-order valence-corrected chi connectivity index (χ1v) is 8.90. The fourth-order valence-corrected chi connectivity index (χ4v) is 5.41. The molecule has 1 aliphatic heterocycles. The van der Waals surface area contributed by atoms with Gasteiger partial charge in [-0.1, -0.05) is 42.5 Å².